The number of likely N-dealkylation sites (N-methyl/N-ethyl adjacent to an activating group) is 1. The summed E-state index contributed by atoms with van der Waals surface area (Å²) in [6, 6.07) is 7.36. The summed E-state index contributed by atoms with van der Waals surface area (Å²) < 4.78 is 1.10. The number of halogens is 1. The lowest BCUT2D eigenvalue weighted by Crippen LogP contribution is -3.29. The van der Waals surface area contributed by atoms with Crippen molar-refractivity contribution in [3.63, 3.8) is 0 Å². The fourth-order valence-electron chi connectivity index (χ4n) is 3.16. The molecule has 0 aromatic heterocycles. The van der Waals surface area contributed by atoms with Gasteiger partial charge in [-0.1, -0.05) is 0 Å². The van der Waals surface area contributed by atoms with E-state index < -0.39 is 0 Å². The number of anilines is 1. The van der Waals surface area contributed by atoms with Gasteiger partial charge < -0.3 is 9.80 Å². The maximum atomic E-state index is 12.7. The largest absolute Gasteiger partial charge is 0.328 e. The van der Waals surface area contributed by atoms with Crippen LogP contribution in [0.5, 0.6) is 0 Å². The van der Waals surface area contributed by atoms with Gasteiger partial charge in [0.25, 0.3) is 5.91 Å². The molecule has 2 saturated heterocycles. The van der Waals surface area contributed by atoms with E-state index in [1.807, 2.05) is 24.3 Å². The summed E-state index contributed by atoms with van der Waals surface area (Å²) in [5.74, 6) is -0.0965. The van der Waals surface area contributed by atoms with Gasteiger partial charge in [-0.15, -0.1) is 0 Å². The summed E-state index contributed by atoms with van der Waals surface area (Å²) in [6.07, 6.45) is 0.346. The second kappa shape index (κ2) is 6.02. The van der Waals surface area contributed by atoms with Gasteiger partial charge in [0.05, 0.1) is 19.2 Å². The predicted molar refractivity (Wildman–Crippen MR) is 87.4 cm³/mol. The maximum absolute atomic E-state index is 12.7. The molecule has 2 aliphatic rings. The minimum absolute atomic E-state index is 0.0317. The zero-order valence-corrected chi connectivity index (χ0v) is 14.2. The van der Waals surface area contributed by atoms with Gasteiger partial charge >= 0.3 is 0 Å². The lowest BCUT2D eigenvalue weighted by Gasteiger charge is -2.30. The average molecular weight is 401 g/mol. The lowest BCUT2D eigenvalue weighted by molar-refractivity contribution is -1.01. The molecule has 2 aliphatic heterocycles. The van der Waals surface area contributed by atoms with Crippen molar-refractivity contribution >= 4 is 40.1 Å². The first-order chi connectivity index (χ1) is 10.1. The molecular weight excluding hydrogens is 381 g/mol. The number of quaternary nitrogens is 2. The Balaban J connectivity index is 1.77. The number of nitrogens with one attached hydrogen (secondary N) is 2. The zero-order valence-electron chi connectivity index (χ0n) is 12.1. The van der Waals surface area contributed by atoms with Crippen LogP contribution in [0.15, 0.2) is 24.3 Å². The Morgan fingerprint density at radius 2 is 1.71 bits per heavy atom. The lowest BCUT2D eigenvalue weighted by atomic mass is 10.2. The van der Waals surface area contributed by atoms with Crippen molar-refractivity contribution in [1.82, 2.24) is 0 Å². The summed E-state index contributed by atoms with van der Waals surface area (Å²) >= 11 is 2.22. The summed E-state index contributed by atoms with van der Waals surface area (Å²) in [6.45, 7) is 4.07. The van der Waals surface area contributed by atoms with Crippen molar-refractivity contribution in [3.05, 3.63) is 27.8 Å². The molecule has 3 rings (SSSR count). The molecule has 2 heterocycles. The van der Waals surface area contributed by atoms with Crippen molar-refractivity contribution < 1.29 is 19.4 Å². The van der Waals surface area contributed by atoms with Gasteiger partial charge in [0.1, 0.15) is 26.2 Å². The van der Waals surface area contributed by atoms with Gasteiger partial charge in [-0.2, -0.15) is 0 Å². The van der Waals surface area contributed by atoms with Gasteiger partial charge in [-0.25, -0.2) is 4.90 Å². The fourth-order valence-corrected chi connectivity index (χ4v) is 3.52. The molecule has 6 heteroatoms. The van der Waals surface area contributed by atoms with Gasteiger partial charge in [-0.05, 0) is 46.9 Å². The van der Waals surface area contributed by atoms with E-state index in [1.165, 1.54) is 14.7 Å². The molecule has 0 saturated carbocycles. The van der Waals surface area contributed by atoms with E-state index in [4.69, 9.17) is 0 Å². The third kappa shape index (κ3) is 2.97. The van der Waals surface area contributed by atoms with Crippen LogP contribution in [-0.4, -0.2) is 51.1 Å². The van der Waals surface area contributed by atoms with Crippen LogP contribution < -0.4 is 14.7 Å². The quantitative estimate of drug-likeness (QED) is 0.461. The maximum Gasteiger partial charge on any atom is 0.292 e. The van der Waals surface area contributed by atoms with Gasteiger partial charge in [0.2, 0.25) is 5.91 Å². The van der Waals surface area contributed by atoms with E-state index in [0.717, 1.165) is 29.7 Å². The molecule has 1 aromatic rings. The highest BCUT2D eigenvalue weighted by molar-refractivity contribution is 14.1. The van der Waals surface area contributed by atoms with Crippen LogP contribution in [0, 0.1) is 3.57 Å². The molecule has 1 atom stereocenters. The SMILES string of the molecule is C[NH+]1CC[NH+]([C@H]2CC(=O)N(c3ccc(I)cc3)C2=O)CC1. The smallest absolute Gasteiger partial charge is 0.292 e. The van der Waals surface area contributed by atoms with Crippen LogP contribution in [-0.2, 0) is 9.59 Å². The van der Waals surface area contributed by atoms with E-state index in [0.29, 0.717) is 12.1 Å². The molecule has 0 radical (unpaired) electrons. The van der Waals surface area contributed by atoms with Crippen LogP contribution in [0.3, 0.4) is 0 Å². The van der Waals surface area contributed by atoms with E-state index in [2.05, 4.69) is 29.6 Å². The van der Waals surface area contributed by atoms with Crippen LogP contribution in [0.1, 0.15) is 6.42 Å². The Morgan fingerprint density at radius 1 is 1.10 bits per heavy atom. The molecule has 0 aliphatic carbocycles. The van der Waals surface area contributed by atoms with Crippen LogP contribution in [0.2, 0.25) is 0 Å². The monoisotopic (exact) mass is 401 g/mol. The summed E-state index contributed by atoms with van der Waals surface area (Å²) in [7, 11) is 2.18. The number of amides is 2. The fraction of sp³-hybridized carbons (Fsp3) is 0.467. The Morgan fingerprint density at radius 3 is 2.33 bits per heavy atom. The molecule has 2 amide bonds. The van der Waals surface area contributed by atoms with Gasteiger partial charge in [0, 0.05) is 3.57 Å². The molecular formula is C15H20IN3O2+2. The molecule has 1 aromatic carbocycles. The highest BCUT2D eigenvalue weighted by atomic mass is 127. The second-order valence-corrected chi connectivity index (χ2v) is 7.16. The molecule has 0 bridgehead atoms. The van der Waals surface area contributed by atoms with Crippen molar-refractivity contribution in [2.45, 2.75) is 12.5 Å². The molecule has 5 nitrogen and oxygen atoms in total. The first kappa shape index (κ1) is 14.9. The highest BCUT2D eigenvalue weighted by Gasteiger charge is 2.46. The van der Waals surface area contributed by atoms with Gasteiger partial charge in [0.15, 0.2) is 6.04 Å². The predicted octanol–water partition coefficient (Wildman–Crippen LogP) is -1.66. The Hall–Kier alpha value is -0.990. The Labute approximate surface area is 138 Å². The number of benzene rings is 1. The van der Waals surface area contributed by atoms with Gasteiger partial charge in [-0.3, -0.25) is 9.59 Å². The highest BCUT2D eigenvalue weighted by Crippen LogP contribution is 2.22. The standard InChI is InChI=1S/C15H18IN3O2/c1-17-6-8-18(9-7-17)13-10-14(20)19(15(13)21)12-4-2-11(16)3-5-12/h2-5,13H,6-10H2,1H3/p+2/t13-/m0/s1. The molecule has 2 N–H and O–H groups in total. The third-order valence-corrected chi connectivity index (χ3v) is 5.19. The summed E-state index contributed by atoms with van der Waals surface area (Å²) in [4.78, 5) is 29.1. The molecule has 21 heavy (non-hydrogen) atoms. The second-order valence-electron chi connectivity index (χ2n) is 5.92. The molecule has 112 valence electrons. The normalized spacial score (nSPS) is 30.0. The Kier molecular flexibility index (Phi) is 4.28. The number of nitrogens with zero attached hydrogens (tertiary/aromatic N) is 1. The van der Waals surface area contributed by atoms with Crippen LogP contribution in [0.4, 0.5) is 5.69 Å². The van der Waals surface area contributed by atoms with E-state index >= 15 is 0 Å². The number of carbonyl (C=O) groups excluding carboxylic acids is 2. The van der Waals surface area contributed by atoms with Crippen molar-refractivity contribution in [3.8, 4) is 0 Å². The minimum Gasteiger partial charge on any atom is -0.328 e. The third-order valence-electron chi connectivity index (χ3n) is 4.47. The van der Waals surface area contributed by atoms with Crippen LogP contribution >= 0.6 is 22.6 Å². The van der Waals surface area contributed by atoms with Crippen molar-refractivity contribution in [2.75, 3.05) is 38.1 Å². The van der Waals surface area contributed by atoms with Crippen molar-refractivity contribution in [1.29, 1.82) is 0 Å². The number of piperazine rings is 1. The zero-order chi connectivity index (χ0) is 15.0. The van der Waals surface area contributed by atoms with Crippen molar-refractivity contribution in [2.24, 2.45) is 0 Å². The number of hydrogen-bond acceptors (Lipinski definition) is 2. The first-order valence-corrected chi connectivity index (χ1v) is 8.42. The number of rotatable bonds is 2. The average Bonchev–Trinajstić information content (AvgIpc) is 2.76. The number of carbonyl (C=O) groups is 2. The summed E-state index contributed by atoms with van der Waals surface area (Å²) in [5.41, 5.74) is 0.701. The molecule has 0 spiro atoms. The topological polar surface area (TPSA) is 46.3 Å². The number of imide groups is 1. The molecule has 2 fully saturated rings. The van der Waals surface area contributed by atoms with E-state index in [9.17, 15) is 9.59 Å². The van der Waals surface area contributed by atoms with Crippen LogP contribution in [0.25, 0.3) is 0 Å². The van der Waals surface area contributed by atoms with E-state index in [1.54, 1.807) is 0 Å². The first-order valence-electron chi connectivity index (χ1n) is 7.34. The molecule has 0 unspecified atom stereocenters. The summed E-state index contributed by atoms with van der Waals surface area (Å²) in [5, 5.41) is 0. The number of hydrogen-bond donors (Lipinski definition) is 2. The Bertz CT molecular complexity index is 553. The minimum atomic E-state index is -0.190. The van der Waals surface area contributed by atoms with E-state index in [-0.39, 0.29) is 17.9 Å².